The Morgan fingerprint density at radius 1 is 1.20 bits per heavy atom. The molecule has 2 heterocycles. The first-order valence-corrected chi connectivity index (χ1v) is 8.09. The van der Waals surface area contributed by atoms with Crippen LogP contribution < -0.4 is 16.0 Å². The highest BCUT2D eigenvalue weighted by atomic mass is 32.1. The van der Waals surface area contributed by atoms with Crippen molar-refractivity contribution in [1.82, 2.24) is 15.0 Å². The summed E-state index contributed by atoms with van der Waals surface area (Å²) in [4.78, 5) is 23.2. The number of hydrogen-bond donors (Lipinski definition) is 2. The van der Waals surface area contributed by atoms with Crippen LogP contribution in [0, 0.1) is 5.82 Å². The van der Waals surface area contributed by atoms with Crippen LogP contribution in [0.5, 0.6) is 11.5 Å². The third kappa shape index (κ3) is 2.94. The number of hydrogen-bond acceptors (Lipinski definition) is 6. The summed E-state index contributed by atoms with van der Waals surface area (Å²) in [6.45, 7) is 0. The van der Waals surface area contributed by atoms with Gasteiger partial charge in [-0.3, -0.25) is 4.79 Å². The van der Waals surface area contributed by atoms with Crippen LogP contribution in [0.25, 0.3) is 20.9 Å². The van der Waals surface area contributed by atoms with Gasteiger partial charge in [-0.1, -0.05) is 17.4 Å². The summed E-state index contributed by atoms with van der Waals surface area (Å²) in [7, 11) is 0. The predicted octanol–water partition coefficient (Wildman–Crippen LogP) is 3.56. The van der Waals surface area contributed by atoms with Gasteiger partial charge in [-0.25, -0.2) is 14.4 Å². The van der Waals surface area contributed by atoms with Crippen molar-refractivity contribution in [2.75, 3.05) is 5.73 Å². The van der Waals surface area contributed by atoms with E-state index in [2.05, 4.69) is 15.0 Å². The summed E-state index contributed by atoms with van der Waals surface area (Å²) >= 11 is 1.30. The number of H-pyrrole nitrogens is 1. The molecule has 0 radical (unpaired) electrons. The van der Waals surface area contributed by atoms with Crippen LogP contribution in [0.2, 0.25) is 0 Å². The van der Waals surface area contributed by atoms with Gasteiger partial charge in [-0.05, 0) is 30.3 Å². The Labute approximate surface area is 144 Å². The number of nitrogens with one attached hydrogen (secondary N) is 1. The molecular weight excluding hydrogens is 343 g/mol. The van der Waals surface area contributed by atoms with Crippen molar-refractivity contribution in [3.63, 3.8) is 0 Å². The van der Waals surface area contributed by atoms with Gasteiger partial charge >= 0.3 is 0 Å². The summed E-state index contributed by atoms with van der Waals surface area (Å²) < 4.78 is 18.8. The van der Waals surface area contributed by atoms with E-state index in [0.29, 0.717) is 32.5 Å². The maximum absolute atomic E-state index is 13.2. The lowest BCUT2D eigenvalue weighted by Crippen LogP contribution is -2.05. The molecule has 0 amide bonds. The first kappa shape index (κ1) is 15.3. The third-order valence-electron chi connectivity index (χ3n) is 3.48. The molecule has 8 heteroatoms. The van der Waals surface area contributed by atoms with Gasteiger partial charge < -0.3 is 15.5 Å². The van der Waals surface area contributed by atoms with E-state index in [1.54, 1.807) is 30.3 Å². The summed E-state index contributed by atoms with van der Waals surface area (Å²) in [6, 6.07) is 11.0. The maximum Gasteiger partial charge on any atom is 0.278 e. The lowest BCUT2D eigenvalue weighted by Gasteiger charge is -2.09. The van der Waals surface area contributed by atoms with E-state index in [4.69, 9.17) is 10.5 Å². The highest BCUT2D eigenvalue weighted by molar-refractivity contribution is 7.21. The second-order valence-corrected chi connectivity index (χ2v) is 6.19. The van der Waals surface area contributed by atoms with Crippen molar-refractivity contribution in [2.24, 2.45) is 0 Å². The van der Waals surface area contributed by atoms with E-state index < -0.39 is 0 Å². The normalized spacial score (nSPS) is 10.9. The third-order valence-corrected chi connectivity index (χ3v) is 4.49. The number of nitrogen functional groups attached to an aromatic ring is 1. The number of anilines is 1. The van der Waals surface area contributed by atoms with Crippen LogP contribution in [-0.2, 0) is 0 Å². The molecule has 0 atom stereocenters. The van der Waals surface area contributed by atoms with E-state index in [1.807, 2.05) is 0 Å². The molecular formula is C17H11FN4O2S. The number of aromatic amines is 1. The Morgan fingerprint density at radius 3 is 2.84 bits per heavy atom. The molecule has 0 saturated heterocycles. The summed E-state index contributed by atoms with van der Waals surface area (Å²) in [5.74, 6) is 0.376. The standard InChI is InChI=1S/C17H11FN4O2S/c18-10-2-1-3-11(7-10)24-13-5-4-9(6-12(13)19)16-22-14-15(23)20-8-21-17(14)25-16/h1-8H,19H2,(H,20,21,23). The van der Waals surface area contributed by atoms with Crippen LogP contribution >= 0.6 is 11.3 Å². The zero-order chi connectivity index (χ0) is 17.4. The molecule has 3 N–H and O–H groups in total. The molecule has 124 valence electrons. The van der Waals surface area contributed by atoms with Crippen LogP contribution in [0.4, 0.5) is 10.1 Å². The highest BCUT2D eigenvalue weighted by Crippen LogP contribution is 2.34. The number of thiazole rings is 1. The Bertz CT molecular complexity index is 1140. The van der Waals surface area contributed by atoms with Crippen LogP contribution in [0.15, 0.2) is 53.6 Å². The quantitative estimate of drug-likeness (QED) is 0.549. The zero-order valence-corrected chi connectivity index (χ0v) is 13.5. The van der Waals surface area contributed by atoms with Crippen LogP contribution in [0.3, 0.4) is 0 Å². The van der Waals surface area contributed by atoms with Gasteiger partial charge in [0, 0.05) is 11.6 Å². The molecule has 0 aliphatic carbocycles. The summed E-state index contributed by atoms with van der Waals surface area (Å²) in [6.07, 6.45) is 1.34. The summed E-state index contributed by atoms with van der Waals surface area (Å²) in [5.41, 5.74) is 7.17. The average molecular weight is 354 g/mol. The van der Waals surface area contributed by atoms with Crippen molar-refractivity contribution in [2.45, 2.75) is 0 Å². The van der Waals surface area contributed by atoms with E-state index in [1.165, 1.54) is 29.8 Å². The molecule has 0 bridgehead atoms. The van der Waals surface area contributed by atoms with Gasteiger partial charge in [0.05, 0.1) is 12.0 Å². The SMILES string of the molecule is Nc1cc(-c2nc3c(=O)[nH]cnc3s2)ccc1Oc1cccc(F)c1. The predicted molar refractivity (Wildman–Crippen MR) is 94.4 cm³/mol. The maximum atomic E-state index is 13.2. The van der Waals surface area contributed by atoms with E-state index >= 15 is 0 Å². The molecule has 0 unspecified atom stereocenters. The van der Waals surface area contributed by atoms with Gasteiger partial charge in [-0.2, -0.15) is 0 Å². The number of rotatable bonds is 3. The Hall–Kier alpha value is -3.26. The molecule has 2 aromatic heterocycles. The molecule has 0 aliphatic heterocycles. The molecule has 25 heavy (non-hydrogen) atoms. The van der Waals surface area contributed by atoms with Gasteiger partial charge in [0.15, 0.2) is 10.3 Å². The van der Waals surface area contributed by atoms with E-state index in [-0.39, 0.29) is 11.4 Å². The number of ether oxygens (including phenoxy) is 1. The molecule has 0 saturated carbocycles. The first-order valence-electron chi connectivity index (χ1n) is 7.28. The molecule has 4 rings (SSSR count). The second kappa shape index (κ2) is 5.99. The molecule has 6 nitrogen and oxygen atoms in total. The first-order chi connectivity index (χ1) is 12.1. The number of nitrogens with two attached hydrogens (primary N) is 1. The minimum Gasteiger partial charge on any atom is -0.455 e. The van der Waals surface area contributed by atoms with Crippen molar-refractivity contribution >= 4 is 27.4 Å². The lowest BCUT2D eigenvalue weighted by atomic mass is 10.2. The Balaban J connectivity index is 1.69. The minimum absolute atomic E-state index is 0.286. The molecule has 4 aromatic rings. The number of benzene rings is 2. The van der Waals surface area contributed by atoms with E-state index in [0.717, 1.165) is 5.56 Å². The molecule has 0 spiro atoms. The van der Waals surface area contributed by atoms with Crippen molar-refractivity contribution < 1.29 is 9.13 Å². The fourth-order valence-electron chi connectivity index (χ4n) is 2.32. The number of halogens is 1. The van der Waals surface area contributed by atoms with Gasteiger partial charge in [-0.15, -0.1) is 0 Å². The van der Waals surface area contributed by atoms with Crippen molar-refractivity contribution in [3.8, 4) is 22.1 Å². The Kier molecular flexibility index (Phi) is 3.66. The fourth-order valence-corrected chi connectivity index (χ4v) is 3.23. The van der Waals surface area contributed by atoms with Crippen LogP contribution in [-0.4, -0.2) is 15.0 Å². The highest BCUT2D eigenvalue weighted by Gasteiger charge is 2.12. The fraction of sp³-hybridized carbons (Fsp3) is 0. The van der Waals surface area contributed by atoms with Gasteiger partial charge in [0.2, 0.25) is 0 Å². The zero-order valence-electron chi connectivity index (χ0n) is 12.7. The topological polar surface area (TPSA) is 93.9 Å². The monoisotopic (exact) mass is 354 g/mol. The minimum atomic E-state index is -0.389. The number of fused-ring (bicyclic) bond motifs is 1. The molecule has 2 aromatic carbocycles. The molecule has 0 aliphatic rings. The Morgan fingerprint density at radius 2 is 2.08 bits per heavy atom. The van der Waals surface area contributed by atoms with Crippen LogP contribution in [0.1, 0.15) is 0 Å². The lowest BCUT2D eigenvalue weighted by molar-refractivity contribution is 0.479. The average Bonchev–Trinajstić information content (AvgIpc) is 3.02. The van der Waals surface area contributed by atoms with Gasteiger partial charge in [0.1, 0.15) is 22.3 Å². The number of aromatic nitrogens is 3. The van der Waals surface area contributed by atoms with E-state index in [9.17, 15) is 9.18 Å². The largest absolute Gasteiger partial charge is 0.455 e. The van der Waals surface area contributed by atoms with Gasteiger partial charge in [0.25, 0.3) is 5.56 Å². The van der Waals surface area contributed by atoms with Crippen molar-refractivity contribution in [1.29, 1.82) is 0 Å². The summed E-state index contributed by atoms with van der Waals surface area (Å²) in [5, 5.41) is 0.628. The smallest absolute Gasteiger partial charge is 0.278 e. The molecule has 0 fully saturated rings. The van der Waals surface area contributed by atoms with Crippen molar-refractivity contribution in [3.05, 3.63) is 65.0 Å². The second-order valence-electron chi connectivity index (χ2n) is 5.22. The number of nitrogens with zero attached hydrogens (tertiary/aromatic N) is 2.